The second-order valence-electron chi connectivity index (χ2n) is 4.25. The summed E-state index contributed by atoms with van der Waals surface area (Å²) in [4.78, 5) is 3.98. The zero-order valence-electron chi connectivity index (χ0n) is 10.9. The SMILES string of the molecule is Cc1ccc(NS(=O)(=O)c2c(N)nn(C)c2C)nc1. The van der Waals surface area contributed by atoms with Gasteiger partial charge in [0.05, 0.1) is 5.69 Å². The first kappa shape index (κ1) is 13.3. The van der Waals surface area contributed by atoms with Crippen molar-refractivity contribution >= 4 is 21.7 Å². The van der Waals surface area contributed by atoms with E-state index in [1.807, 2.05) is 6.92 Å². The van der Waals surface area contributed by atoms with Crippen molar-refractivity contribution in [1.82, 2.24) is 14.8 Å². The highest BCUT2D eigenvalue weighted by atomic mass is 32.2. The summed E-state index contributed by atoms with van der Waals surface area (Å²) in [5.41, 5.74) is 7.05. The van der Waals surface area contributed by atoms with Crippen LogP contribution in [0.4, 0.5) is 11.6 Å². The molecule has 0 unspecified atom stereocenters. The van der Waals surface area contributed by atoms with E-state index >= 15 is 0 Å². The van der Waals surface area contributed by atoms with E-state index in [1.54, 1.807) is 32.3 Å². The van der Waals surface area contributed by atoms with Crippen LogP contribution in [0.5, 0.6) is 0 Å². The third kappa shape index (κ3) is 2.53. The summed E-state index contributed by atoms with van der Waals surface area (Å²) >= 11 is 0. The molecule has 3 N–H and O–H groups in total. The second-order valence-corrected chi connectivity index (χ2v) is 5.87. The van der Waals surface area contributed by atoms with Crippen molar-refractivity contribution in [3.8, 4) is 0 Å². The molecule has 2 heterocycles. The largest absolute Gasteiger partial charge is 0.381 e. The van der Waals surface area contributed by atoms with Gasteiger partial charge < -0.3 is 5.73 Å². The fourth-order valence-corrected chi connectivity index (χ4v) is 3.00. The van der Waals surface area contributed by atoms with Crippen molar-refractivity contribution in [2.45, 2.75) is 18.7 Å². The van der Waals surface area contributed by atoms with Crippen LogP contribution in [0.3, 0.4) is 0 Å². The molecule has 2 rings (SSSR count). The van der Waals surface area contributed by atoms with Crippen molar-refractivity contribution < 1.29 is 8.42 Å². The average Bonchev–Trinajstić information content (AvgIpc) is 2.56. The maximum absolute atomic E-state index is 12.3. The molecule has 7 nitrogen and oxygen atoms in total. The van der Waals surface area contributed by atoms with Crippen LogP contribution in [0.1, 0.15) is 11.3 Å². The first-order valence-corrected chi connectivity index (χ1v) is 7.04. The number of nitrogens with one attached hydrogen (secondary N) is 1. The molecule has 8 heteroatoms. The van der Waals surface area contributed by atoms with Gasteiger partial charge in [0, 0.05) is 13.2 Å². The molecule has 0 aliphatic heterocycles. The molecule has 0 aromatic carbocycles. The highest BCUT2D eigenvalue weighted by Gasteiger charge is 2.24. The smallest absolute Gasteiger partial charge is 0.268 e. The summed E-state index contributed by atoms with van der Waals surface area (Å²) in [7, 11) is -2.15. The summed E-state index contributed by atoms with van der Waals surface area (Å²) in [6.45, 7) is 3.51. The number of rotatable bonds is 3. The Kier molecular flexibility index (Phi) is 3.19. The normalized spacial score (nSPS) is 11.5. The zero-order chi connectivity index (χ0) is 14.2. The van der Waals surface area contributed by atoms with Gasteiger partial charge in [-0.25, -0.2) is 13.4 Å². The number of pyridine rings is 1. The molecule has 19 heavy (non-hydrogen) atoms. The summed E-state index contributed by atoms with van der Waals surface area (Å²) in [5.74, 6) is 0.216. The fraction of sp³-hybridized carbons (Fsp3) is 0.273. The highest BCUT2D eigenvalue weighted by molar-refractivity contribution is 7.93. The van der Waals surface area contributed by atoms with Gasteiger partial charge in [-0.3, -0.25) is 9.40 Å². The van der Waals surface area contributed by atoms with Gasteiger partial charge in [0.1, 0.15) is 5.82 Å². The number of nitrogen functional groups attached to an aromatic ring is 1. The summed E-state index contributed by atoms with van der Waals surface area (Å²) in [6, 6.07) is 3.36. The monoisotopic (exact) mass is 281 g/mol. The molecule has 0 atom stereocenters. The van der Waals surface area contributed by atoms with Crippen molar-refractivity contribution in [2.24, 2.45) is 7.05 Å². The van der Waals surface area contributed by atoms with Gasteiger partial charge in [0.15, 0.2) is 10.7 Å². The van der Waals surface area contributed by atoms with Crippen molar-refractivity contribution in [3.05, 3.63) is 29.6 Å². The highest BCUT2D eigenvalue weighted by Crippen LogP contribution is 2.23. The maximum Gasteiger partial charge on any atom is 0.268 e. The first-order valence-electron chi connectivity index (χ1n) is 5.56. The van der Waals surface area contributed by atoms with Gasteiger partial charge in [-0.15, -0.1) is 0 Å². The summed E-state index contributed by atoms with van der Waals surface area (Å²) in [6.07, 6.45) is 1.58. The van der Waals surface area contributed by atoms with Crippen LogP contribution < -0.4 is 10.5 Å². The molecule has 0 amide bonds. The van der Waals surface area contributed by atoms with Crippen LogP contribution in [-0.2, 0) is 17.1 Å². The molecule has 0 saturated heterocycles. The number of aryl methyl sites for hydroxylation is 2. The topological polar surface area (TPSA) is 103 Å². The van der Waals surface area contributed by atoms with E-state index in [4.69, 9.17) is 5.73 Å². The van der Waals surface area contributed by atoms with Gasteiger partial charge in [-0.2, -0.15) is 5.10 Å². The Morgan fingerprint density at radius 1 is 1.32 bits per heavy atom. The average molecular weight is 281 g/mol. The Labute approximate surface area is 111 Å². The molecule has 2 aromatic heterocycles. The lowest BCUT2D eigenvalue weighted by atomic mass is 10.3. The number of sulfonamides is 1. The Morgan fingerprint density at radius 2 is 2.00 bits per heavy atom. The predicted molar refractivity (Wildman–Crippen MR) is 72.1 cm³/mol. The molecule has 0 radical (unpaired) electrons. The van der Waals surface area contributed by atoms with E-state index in [1.165, 1.54) is 4.68 Å². The van der Waals surface area contributed by atoms with E-state index in [0.717, 1.165) is 5.56 Å². The predicted octanol–water partition coefficient (Wildman–Crippen LogP) is 0.815. The van der Waals surface area contributed by atoms with Gasteiger partial charge in [0.2, 0.25) is 0 Å². The summed E-state index contributed by atoms with van der Waals surface area (Å²) < 4.78 is 28.3. The van der Waals surface area contributed by atoms with E-state index in [2.05, 4.69) is 14.8 Å². The number of aromatic nitrogens is 3. The molecule has 102 valence electrons. The number of hydrogen-bond acceptors (Lipinski definition) is 5. The van der Waals surface area contributed by atoms with E-state index in [-0.39, 0.29) is 16.5 Å². The molecular weight excluding hydrogens is 266 g/mol. The number of nitrogens with zero attached hydrogens (tertiary/aromatic N) is 3. The van der Waals surface area contributed by atoms with Crippen LogP contribution >= 0.6 is 0 Å². The van der Waals surface area contributed by atoms with E-state index in [0.29, 0.717) is 5.69 Å². The first-order chi connectivity index (χ1) is 8.81. The zero-order valence-corrected chi connectivity index (χ0v) is 11.7. The summed E-state index contributed by atoms with van der Waals surface area (Å²) in [5, 5.41) is 3.89. The van der Waals surface area contributed by atoms with Gasteiger partial charge in [-0.1, -0.05) is 6.07 Å². The van der Waals surface area contributed by atoms with Crippen molar-refractivity contribution in [2.75, 3.05) is 10.5 Å². The van der Waals surface area contributed by atoms with Crippen LogP contribution in [0, 0.1) is 13.8 Å². The minimum atomic E-state index is -3.79. The fourth-order valence-electron chi connectivity index (χ4n) is 1.66. The molecule has 0 aliphatic carbocycles. The number of hydrogen-bond donors (Lipinski definition) is 2. The minimum Gasteiger partial charge on any atom is -0.381 e. The van der Waals surface area contributed by atoms with E-state index in [9.17, 15) is 8.42 Å². The van der Waals surface area contributed by atoms with Crippen LogP contribution in [-0.4, -0.2) is 23.2 Å². The molecule has 0 bridgehead atoms. The minimum absolute atomic E-state index is 0.0163. The third-order valence-corrected chi connectivity index (χ3v) is 4.24. The molecule has 0 spiro atoms. The van der Waals surface area contributed by atoms with Gasteiger partial charge in [0.25, 0.3) is 10.0 Å². The van der Waals surface area contributed by atoms with Crippen molar-refractivity contribution in [1.29, 1.82) is 0 Å². The lowest BCUT2D eigenvalue weighted by Gasteiger charge is -2.07. The Bertz CT molecular complexity index is 703. The molecule has 0 fully saturated rings. The van der Waals surface area contributed by atoms with Crippen molar-refractivity contribution in [3.63, 3.8) is 0 Å². The quantitative estimate of drug-likeness (QED) is 0.866. The second kappa shape index (κ2) is 4.54. The Balaban J connectivity index is 2.40. The Hall–Kier alpha value is -2.09. The number of nitrogens with two attached hydrogens (primary N) is 1. The molecule has 2 aromatic rings. The van der Waals surface area contributed by atoms with Gasteiger partial charge in [-0.05, 0) is 25.5 Å². The van der Waals surface area contributed by atoms with Crippen LogP contribution in [0.2, 0.25) is 0 Å². The maximum atomic E-state index is 12.3. The number of anilines is 2. The van der Waals surface area contributed by atoms with E-state index < -0.39 is 10.0 Å². The van der Waals surface area contributed by atoms with Crippen LogP contribution in [0.15, 0.2) is 23.2 Å². The standard InChI is InChI=1S/C11H15N5O2S/c1-7-4-5-9(13-6-7)15-19(17,18)10-8(2)16(3)14-11(10)12/h4-6H,1-3H3,(H2,12,14)(H,13,15). The molecular formula is C11H15N5O2S. The van der Waals surface area contributed by atoms with Gasteiger partial charge >= 0.3 is 0 Å². The Morgan fingerprint density at radius 3 is 2.47 bits per heavy atom. The molecule has 0 saturated carbocycles. The lowest BCUT2D eigenvalue weighted by Crippen LogP contribution is -2.16. The van der Waals surface area contributed by atoms with Crippen LogP contribution in [0.25, 0.3) is 0 Å². The lowest BCUT2D eigenvalue weighted by molar-refractivity contribution is 0.600. The third-order valence-electron chi connectivity index (χ3n) is 2.72. The molecule has 0 aliphatic rings.